The molecule has 2 amide bonds. The number of carbonyl (C=O) groups excluding carboxylic acids is 2. The molecule has 130 valence electrons. The number of hydrogen-bond acceptors (Lipinski definition) is 3. The van der Waals surface area contributed by atoms with Gasteiger partial charge in [-0.3, -0.25) is 9.59 Å². The Kier molecular flexibility index (Phi) is 5.45. The van der Waals surface area contributed by atoms with E-state index in [9.17, 15) is 14.0 Å². The molecule has 0 bridgehead atoms. The van der Waals surface area contributed by atoms with Gasteiger partial charge >= 0.3 is 0 Å². The molecule has 2 saturated heterocycles. The minimum Gasteiger partial charge on any atom is -0.344 e. The van der Waals surface area contributed by atoms with E-state index in [-0.39, 0.29) is 17.5 Å². The summed E-state index contributed by atoms with van der Waals surface area (Å²) < 4.78 is 13.8. The van der Waals surface area contributed by atoms with Gasteiger partial charge in [0.15, 0.2) is 0 Å². The van der Waals surface area contributed by atoms with Gasteiger partial charge in [0.25, 0.3) is 0 Å². The second-order valence-corrected chi connectivity index (χ2v) is 6.58. The molecule has 5 nitrogen and oxygen atoms in total. The fourth-order valence-electron chi connectivity index (χ4n) is 3.50. The van der Waals surface area contributed by atoms with Crippen molar-refractivity contribution in [1.82, 2.24) is 10.6 Å². The minimum atomic E-state index is -0.537. The highest BCUT2D eigenvalue weighted by Crippen LogP contribution is 2.24. The van der Waals surface area contributed by atoms with Crippen LogP contribution in [0.15, 0.2) is 24.3 Å². The van der Waals surface area contributed by atoms with Gasteiger partial charge in [0.05, 0.1) is 5.69 Å². The van der Waals surface area contributed by atoms with Crippen LogP contribution in [0.4, 0.5) is 10.1 Å². The maximum Gasteiger partial charge on any atom is 0.249 e. The molecule has 2 heterocycles. The average molecular weight is 333 g/mol. The van der Waals surface area contributed by atoms with Gasteiger partial charge in [-0.05, 0) is 56.8 Å². The molecule has 0 radical (unpaired) electrons. The molecular weight excluding hydrogens is 309 g/mol. The molecule has 1 unspecified atom stereocenters. The predicted octanol–water partition coefficient (Wildman–Crippen LogP) is 1.83. The maximum absolute atomic E-state index is 13.8. The Morgan fingerprint density at radius 2 is 2.00 bits per heavy atom. The topological polar surface area (TPSA) is 61.4 Å². The van der Waals surface area contributed by atoms with Gasteiger partial charge in [-0.1, -0.05) is 12.1 Å². The largest absolute Gasteiger partial charge is 0.344 e. The van der Waals surface area contributed by atoms with E-state index in [4.69, 9.17) is 0 Å². The average Bonchev–Trinajstić information content (AvgIpc) is 2.95. The highest BCUT2D eigenvalue weighted by molar-refractivity contribution is 6.01. The summed E-state index contributed by atoms with van der Waals surface area (Å²) in [6, 6.07) is 5.70. The predicted molar refractivity (Wildman–Crippen MR) is 90.1 cm³/mol. The zero-order valence-electron chi connectivity index (χ0n) is 13.8. The number of nitrogens with one attached hydrogen (secondary N) is 2. The van der Waals surface area contributed by atoms with Crippen molar-refractivity contribution in [2.24, 2.45) is 5.92 Å². The number of carbonyl (C=O) groups is 2. The summed E-state index contributed by atoms with van der Waals surface area (Å²) >= 11 is 0. The Bertz CT molecular complexity index is 602. The van der Waals surface area contributed by atoms with Crippen LogP contribution in [0.2, 0.25) is 0 Å². The number of halogens is 1. The second-order valence-electron chi connectivity index (χ2n) is 6.58. The molecular formula is C18H24FN3O2. The van der Waals surface area contributed by atoms with Gasteiger partial charge in [0.1, 0.15) is 11.9 Å². The van der Waals surface area contributed by atoms with Crippen LogP contribution in [0.3, 0.4) is 0 Å². The Labute approximate surface area is 141 Å². The molecule has 0 saturated carbocycles. The van der Waals surface area contributed by atoms with Gasteiger partial charge in [0.2, 0.25) is 11.8 Å². The van der Waals surface area contributed by atoms with E-state index in [1.807, 2.05) is 0 Å². The molecule has 3 rings (SSSR count). The SMILES string of the molecule is O=C(CCC1CCNCC1)NC1CCN(c2ccccc2F)C1=O. The van der Waals surface area contributed by atoms with E-state index in [1.165, 1.54) is 11.0 Å². The van der Waals surface area contributed by atoms with Crippen LogP contribution in [0.1, 0.15) is 32.1 Å². The number of anilines is 1. The van der Waals surface area contributed by atoms with E-state index in [0.717, 1.165) is 32.4 Å². The zero-order chi connectivity index (χ0) is 16.9. The monoisotopic (exact) mass is 333 g/mol. The lowest BCUT2D eigenvalue weighted by Crippen LogP contribution is -2.41. The number of para-hydroxylation sites is 1. The highest BCUT2D eigenvalue weighted by Gasteiger charge is 2.34. The van der Waals surface area contributed by atoms with Crippen molar-refractivity contribution in [3.05, 3.63) is 30.1 Å². The van der Waals surface area contributed by atoms with E-state index in [2.05, 4.69) is 10.6 Å². The summed E-state index contributed by atoms with van der Waals surface area (Å²) in [4.78, 5) is 26.0. The van der Waals surface area contributed by atoms with Crippen LogP contribution in [-0.2, 0) is 9.59 Å². The third-order valence-corrected chi connectivity index (χ3v) is 4.92. The van der Waals surface area contributed by atoms with Crippen molar-refractivity contribution in [1.29, 1.82) is 0 Å². The Morgan fingerprint density at radius 1 is 1.25 bits per heavy atom. The first kappa shape index (κ1) is 16.9. The highest BCUT2D eigenvalue weighted by atomic mass is 19.1. The lowest BCUT2D eigenvalue weighted by atomic mass is 9.93. The number of piperidine rings is 1. The molecule has 6 heteroatoms. The summed E-state index contributed by atoms with van der Waals surface area (Å²) in [6.07, 6.45) is 4.05. The molecule has 2 N–H and O–H groups in total. The van der Waals surface area contributed by atoms with Gasteiger partial charge in [-0.25, -0.2) is 4.39 Å². The summed E-state index contributed by atoms with van der Waals surface area (Å²) in [5.41, 5.74) is 0.286. The first-order valence-electron chi connectivity index (χ1n) is 8.71. The molecule has 2 aliphatic rings. The third-order valence-electron chi connectivity index (χ3n) is 4.92. The van der Waals surface area contributed by atoms with E-state index in [0.29, 0.717) is 25.3 Å². The van der Waals surface area contributed by atoms with Crippen molar-refractivity contribution < 1.29 is 14.0 Å². The third kappa shape index (κ3) is 3.93. The zero-order valence-corrected chi connectivity index (χ0v) is 13.8. The number of amides is 2. The quantitative estimate of drug-likeness (QED) is 0.864. The number of rotatable bonds is 5. The molecule has 0 aromatic heterocycles. The number of hydrogen-bond donors (Lipinski definition) is 2. The first-order valence-corrected chi connectivity index (χ1v) is 8.71. The van der Waals surface area contributed by atoms with Crippen LogP contribution in [0, 0.1) is 11.7 Å². The molecule has 0 spiro atoms. The summed E-state index contributed by atoms with van der Waals surface area (Å²) in [5.74, 6) is -0.132. The Morgan fingerprint density at radius 3 is 2.75 bits per heavy atom. The van der Waals surface area contributed by atoms with Crippen molar-refractivity contribution in [3.63, 3.8) is 0 Å². The maximum atomic E-state index is 13.8. The van der Waals surface area contributed by atoms with Crippen molar-refractivity contribution in [3.8, 4) is 0 Å². The fraction of sp³-hybridized carbons (Fsp3) is 0.556. The lowest BCUT2D eigenvalue weighted by molar-refractivity contribution is -0.126. The second kappa shape index (κ2) is 7.75. The van der Waals surface area contributed by atoms with Gasteiger partial charge in [-0.2, -0.15) is 0 Å². The van der Waals surface area contributed by atoms with Crippen molar-refractivity contribution >= 4 is 17.5 Å². The molecule has 2 fully saturated rings. The fourth-order valence-corrected chi connectivity index (χ4v) is 3.50. The van der Waals surface area contributed by atoms with Crippen molar-refractivity contribution in [2.75, 3.05) is 24.5 Å². The normalized spacial score (nSPS) is 22.0. The standard InChI is InChI=1S/C18H24FN3O2/c19-14-3-1-2-4-16(14)22-12-9-15(18(22)24)21-17(23)6-5-13-7-10-20-11-8-13/h1-4,13,15,20H,5-12H2,(H,21,23). The lowest BCUT2D eigenvalue weighted by Gasteiger charge is -2.22. The van der Waals surface area contributed by atoms with Crippen molar-refractivity contribution in [2.45, 2.75) is 38.1 Å². The number of benzene rings is 1. The molecule has 1 aromatic carbocycles. The first-order chi connectivity index (χ1) is 11.6. The van der Waals surface area contributed by atoms with Gasteiger partial charge in [-0.15, -0.1) is 0 Å². The number of nitrogens with zero attached hydrogens (tertiary/aromatic N) is 1. The molecule has 24 heavy (non-hydrogen) atoms. The molecule has 1 atom stereocenters. The van der Waals surface area contributed by atoms with E-state index in [1.54, 1.807) is 18.2 Å². The summed E-state index contributed by atoms with van der Waals surface area (Å²) in [7, 11) is 0. The molecule has 0 aliphatic carbocycles. The van der Waals surface area contributed by atoms with Crippen LogP contribution in [0.25, 0.3) is 0 Å². The minimum absolute atomic E-state index is 0.0812. The molecule has 1 aromatic rings. The van der Waals surface area contributed by atoms with Crippen LogP contribution in [0.5, 0.6) is 0 Å². The van der Waals surface area contributed by atoms with Gasteiger partial charge in [0, 0.05) is 13.0 Å². The van der Waals surface area contributed by atoms with E-state index < -0.39 is 11.9 Å². The molecule has 2 aliphatic heterocycles. The summed E-state index contributed by atoms with van der Waals surface area (Å²) in [6.45, 7) is 2.47. The summed E-state index contributed by atoms with van der Waals surface area (Å²) in [5, 5.41) is 6.13. The van der Waals surface area contributed by atoms with E-state index >= 15 is 0 Å². The van der Waals surface area contributed by atoms with Crippen LogP contribution < -0.4 is 15.5 Å². The van der Waals surface area contributed by atoms with Crippen LogP contribution >= 0.6 is 0 Å². The van der Waals surface area contributed by atoms with Crippen LogP contribution in [-0.4, -0.2) is 37.5 Å². The Balaban J connectivity index is 1.50. The van der Waals surface area contributed by atoms with Gasteiger partial charge < -0.3 is 15.5 Å². The smallest absolute Gasteiger partial charge is 0.249 e. The Hall–Kier alpha value is -1.95.